The number of hydrogen-bond acceptors (Lipinski definition) is 7. The van der Waals surface area contributed by atoms with Crippen LogP contribution in [-0.2, 0) is 4.79 Å². The summed E-state index contributed by atoms with van der Waals surface area (Å²) in [5.74, 6) is 1.54. The van der Waals surface area contributed by atoms with Crippen LogP contribution in [0.25, 0.3) is 22.3 Å². The summed E-state index contributed by atoms with van der Waals surface area (Å²) in [6, 6.07) is 11.8. The number of hydrogen-bond donors (Lipinski definition) is 2. The average molecular weight is 436 g/mol. The fourth-order valence-corrected chi connectivity index (χ4v) is 4.00. The zero-order chi connectivity index (χ0) is 22.5. The van der Waals surface area contributed by atoms with Crippen molar-refractivity contribution in [1.29, 1.82) is 0 Å². The molecule has 1 fully saturated rings. The maximum atomic E-state index is 12.2. The van der Waals surface area contributed by atoms with Gasteiger partial charge in [-0.1, -0.05) is 0 Å². The van der Waals surface area contributed by atoms with Crippen LogP contribution in [0.15, 0.2) is 42.6 Å². The van der Waals surface area contributed by atoms with Gasteiger partial charge >= 0.3 is 0 Å². The molecule has 1 atom stereocenters. The van der Waals surface area contributed by atoms with Gasteiger partial charge in [-0.2, -0.15) is 0 Å². The van der Waals surface area contributed by atoms with Crippen molar-refractivity contribution in [3.05, 3.63) is 42.6 Å². The molecule has 1 unspecified atom stereocenters. The molecule has 2 aromatic heterocycles. The standard InChI is InChI=1S/C24H29N5O3/c1-25-9-11-32-18-5-7-20(27-14-18)22-13-23(29-10-8-16(15-29)24(30)26-2)19-6-4-17(31-3)12-21(19)28-22/h4-7,12-14,16,25H,8-11,15H2,1-3H3,(H,26,30). The molecule has 8 nitrogen and oxygen atoms in total. The molecule has 1 aliphatic heterocycles. The zero-order valence-electron chi connectivity index (χ0n) is 18.7. The van der Waals surface area contributed by atoms with Crippen LogP contribution in [0.4, 0.5) is 5.69 Å². The van der Waals surface area contributed by atoms with E-state index >= 15 is 0 Å². The zero-order valence-corrected chi connectivity index (χ0v) is 18.7. The lowest BCUT2D eigenvalue weighted by Gasteiger charge is -2.21. The summed E-state index contributed by atoms with van der Waals surface area (Å²) in [6.07, 6.45) is 2.55. The molecule has 3 heterocycles. The predicted octanol–water partition coefficient (Wildman–Crippen LogP) is 2.48. The van der Waals surface area contributed by atoms with Crippen LogP contribution in [0, 0.1) is 5.92 Å². The van der Waals surface area contributed by atoms with Gasteiger partial charge in [-0.15, -0.1) is 0 Å². The number of anilines is 1. The molecule has 3 aromatic rings. The normalized spacial score (nSPS) is 15.7. The molecule has 4 rings (SSSR count). The number of nitrogens with zero attached hydrogens (tertiary/aromatic N) is 3. The number of ether oxygens (including phenoxy) is 2. The number of methoxy groups -OCH3 is 1. The van der Waals surface area contributed by atoms with Crippen molar-refractivity contribution in [2.24, 2.45) is 5.92 Å². The summed E-state index contributed by atoms with van der Waals surface area (Å²) in [5.41, 5.74) is 3.41. The van der Waals surface area contributed by atoms with Gasteiger partial charge in [-0.25, -0.2) is 4.98 Å². The number of likely N-dealkylation sites (N-methyl/N-ethyl adjacent to an activating group) is 1. The third kappa shape index (κ3) is 4.60. The van der Waals surface area contributed by atoms with Crippen LogP contribution in [0.5, 0.6) is 11.5 Å². The van der Waals surface area contributed by atoms with Crippen molar-refractivity contribution in [2.45, 2.75) is 6.42 Å². The molecule has 0 bridgehead atoms. The molecule has 0 aliphatic carbocycles. The molecule has 32 heavy (non-hydrogen) atoms. The third-order valence-electron chi connectivity index (χ3n) is 5.76. The monoisotopic (exact) mass is 435 g/mol. The second kappa shape index (κ2) is 9.82. The van der Waals surface area contributed by atoms with E-state index in [0.717, 1.165) is 59.0 Å². The highest BCUT2D eigenvalue weighted by Crippen LogP contribution is 2.35. The number of nitrogens with one attached hydrogen (secondary N) is 2. The Kier molecular flexibility index (Phi) is 6.70. The number of benzene rings is 1. The van der Waals surface area contributed by atoms with Gasteiger partial charge in [-0.05, 0) is 43.8 Å². The van der Waals surface area contributed by atoms with Gasteiger partial charge in [-0.3, -0.25) is 9.78 Å². The highest BCUT2D eigenvalue weighted by atomic mass is 16.5. The van der Waals surface area contributed by atoms with Crippen LogP contribution >= 0.6 is 0 Å². The maximum Gasteiger partial charge on any atom is 0.224 e. The van der Waals surface area contributed by atoms with E-state index in [-0.39, 0.29) is 11.8 Å². The molecule has 1 aromatic carbocycles. The van der Waals surface area contributed by atoms with Crippen molar-refractivity contribution in [2.75, 3.05) is 52.3 Å². The molecule has 2 N–H and O–H groups in total. The molecular formula is C24H29N5O3. The Bertz CT molecular complexity index is 1090. The van der Waals surface area contributed by atoms with E-state index in [1.54, 1.807) is 20.4 Å². The van der Waals surface area contributed by atoms with E-state index in [2.05, 4.69) is 26.6 Å². The second-order valence-corrected chi connectivity index (χ2v) is 7.79. The van der Waals surface area contributed by atoms with Crippen LogP contribution in [-0.4, -0.2) is 63.3 Å². The molecule has 0 radical (unpaired) electrons. The highest BCUT2D eigenvalue weighted by molar-refractivity contribution is 5.95. The SMILES string of the molecule is CNCCOc1ccc(-c2cc(N3CCC(C(=O)NC)C3)c3ccc(OC)cc3n2)nc1. The Morgan fingerprint density at radius 3 is 2.72 bits per heavy atom. The third-order valence-corrected chi connectivity index (χ3v) is 5.76. The van der Waals surface area contributed by atoms with Gasteiger partial charge in [0.05, 0.1) is 36.1 Å². The van der Waals surface area contributed by atoms with E-state index in [0.29, 0.717) is 13.2 Å². The second-order valence-electron chi connectivity index (χ2n) is 7.79. The molecule has 168 valence electrons. The first-order chi connectivity index (χ1) is 15.6. The molecular weight excluding hydrogens is 406 g/mol. The van der Waals surface area contributed by atoms with Crippen LogP contribution in [0.3, 0.4) is 0 Å². The first-order valence-corrected chi connectivity index (χ1v) is 10.8. The lowest BCUT2D eigenvalue weighted by atomic mass is 10.1. The number of aromatic nitrogens is 2. The predicted molar refractivity (Wildman–Crippen MR) is 125 cm³/mol. The topological polar surface area (TPSA) is 88.6 Å². The minimum Gasteiger partial charge on any atom is -0.497 e. The van der Waals surface area contributed by atoms with Crippen molar-refractivity contribution in [3.63, 3.8) is 0 Å². The Labute approximate surface area is 188 Å². The molecule has 0 spiro atoms. The van der Waals surface area contributed by atoms with E-state index < -0.39 is 0 Å². The molecule has 1 saturated heterocycles. The lowest BCUT2D eigenvalue weighted by Crippen LogP contribution is -2.30. The maximum absolute atomic E-state index is 12.2. The van der Waals surface area contributed by atoms with E-state index in [1.165, 1.54) is 0 Å². The number of amides is 1. The van der Waals surface area contributed by atoms with E-state index in [9.17, 15) is 4.79 Å². The molecule has 1 aliphatic rings. The van der Waals surface area contributed by atoms with Gasteiger partial charge in [0, 0.05) is 43.8 Å². The Morgan fingerprint density at radius 1 is 1.16 bits per heavy atom. The number of fused-ring (bicyclic) bond motifs is 1. The van der Waals surface area contributed by atoms with Crippen LogP contribution in [0.1, 0.15) is 6.42 Å². The highest BCUT2D eigenvalue weighted by Gasteiger charge is 2.29. The number of carbonyl (C=O) groups excluding carboxylic acids is 1. The smallest absolute Gasteiger partial charge is 0.224 e. The van der Waals surface area contributed by atoms with E-state index in [1.807, 2.05) is 37.4 Å². The van der Waals surface area contributed by atoms with Crippen molar-refractivity contribution in [1.82, 2.24) is 20.6 Å². The minimum atomic E-state index is -0.0166. The van der Waals surface area contributed by atoms with Crippen molar-refractivity contribution in [3.8, 4) is 22.9 Å². The first-order valence-electron chi connectivity index (χ1n) is 10.8. The summed E-state index contributed by atoms with van der Waals surface area (Å²) in [6.45, 7) is 2.84. The Balaban J connectivity index is 1.69. The molecule has 8 heteroatoms. The quantitative estimate of drug-likeness (QED) is 0.526. The van der Waals surface area contributed by atoms with Crippen LogP contribution in [0.2, 0.25) is 0 Å². The van der Waals surface area contributed by atoms with Crippen LogP contribution < -0.4 is 25.0 Å². The summed E-state index contributed by atoms with van der Waals surface area (Å²) in [5, 5.41) is 6.85. The van der Waals surface area contributed by atoms with Gasteiger partial charge in [0.15, 0.2) is 0 Å². The molecule has 1 amide bonds. The summed E-state index contributed by atoms with van der Waals surface area (Å²) >= 11 is 0. The summed E-state index contributed by atoms with van der Waals surface area (Å²) < 4.78 is 11.1. The van der Waals surface area contributed by atoms with Gasteiger partial charge < -0.3 is 25.0 Å². The van der Waals surface area contributed by atoms with E-state index in [4.69, 9.17) is 14.5 Å². The Hall–Kier alpha value is -3.39. The fraction of sp³-hybridized carbons (Fsp3) is 0.375. The first kappa shape index (κ1) is 21.8. The lowest BCUT2D eigenvalue weighted by molar-refractivity contribution is -0.123. The number of rotatable bonds is 8. The van der Waals surface area contributed by atoms with Gasteiger partial charge in [0.2, 0.25) is 5.91 Å². The van der Waals surface area contributed by atoms with Gasteiger partial charge in [0.25, 0.3) is 0 Å². The van der Waals surface area contributed by atoms with Crippen molar-refractivity contribution < 1.29 is 14.3 Å². The largest absolute Gasteiger partial charge is 0.497 e. The molecule has 0 saturated carbocycles. The minimum absolute atomic E-state index is 0.0166. The Morgan fingerprint density at radius 2 is 2.00 bits per heavy atom. The van der Waals surface area contributed by atoms with Gasteiger partial charge in [0.1, 0.15) is 18.1 Å². The number of pyridine rings is 2. The fourth-order valence-electron chi connectivity index (χ4n) is 4.00. The average Bonchev–Trinajstić information content (AvgIpc) is 3.33. The van der Waals surface area contributed by atoms with Crippen molar-refractivity contribution >= 4 is 22.5 Å². The summed E-state index contributed by atoms with van der Waals surface area (Å²) in [7, 11) is 5.23. The number of carbonyl (C=O) groups is 1. The summed E-state index contributed by atoms with van der Waals surface area (Å²) in [4.78, 5) is 23.9.